The summed E-state index contributed by atoms with van der Waals surface area (Å²) >= 11 is 0. The minimum Gasteiger partial charge on any atom is -0.481 e. The van der Waals surface area contributed by atoms with Crippen molar-refractivity contribution < 1.29 is 9.90 Å². The number of rotatable bonds is 11. The lowest BCUT2D eigenvalue weighted by atomic mass is 10.0. The Kier molecular flexibility index (Phi) is 9.01. The van der Waals surface area contributed by atoms with Crippen LogP contribution in [0, 0.1) is 0 Å². The Bertz CT molecular complexity index is 851. The first kappa shape index (κ1) is 22.0. The zero-order valence-electron chi connectivity index (χ0n) is 15.9. The number of hydrogen-bond acceptors (Lipinski definition) is 3. The molecule has 3 rings (SSSR count). The Morgan fingerprint density at radius 3 is 2.54 bits per heavy atom. The third-order valence-corrected chi connectivity index (χ3v) is 4.73. The second kappa shape index (κ2) is 11.5. The van der Waals surface area contributed by atoms with E-state index in [1.165, 1.54) is 5.56 Å². The molecule has 0 aliphatic heterocycles. The normalized spacial score (nSPS) is 11.9. The molecule has 2 aromatic carbocycles. The molecule has 4 N–H and O–H groups in total. The molecular formula is C22H28ClN3O2. The molecule has 0 aliphatic carbocycles. The highest BCUT2D eigenvalue weighted by Gasteiger charge is 2.15. The SMILES string of the molecule is Cl.O=C(O)CC(Cc1c[nH]c2ccccc12)NCCNCCc1ccccc1. The Hall–Kier alpha value is -2.34. The van der Waals surface area contributed by atoms with Crippen molar-refractivity contribution in [2.24, 2.45) is 0 Å². The summed E-state index contributed by atoms with van der Waals surface area (Å²) in [5.74, 6) is -0.774. The van der Waals surface area contributed by atoms with Gasteiger partial charge in [-0.25, -0.2) is 0 Å². The summed E-state index contributed by atoms with van der Waals surface area (Å²) < 4.78 is 0. The molecule has 0 fully saturated rings. The monoisotopic (exact) mass is 401 g/mol. The van der Waals surface area contributed by atoms with Gasteiger partial charge < -0.3 is 20.7 Å². The van der Waals surface area contributed by atoms with Crippen LogP contribution < -0.4 is 10.6 Å². The number of halogens is 1. The lowest BCUT2D eigenvalue weighted by Gasteiger charge is -2.17. The topological polar surface area (TPSA) is 77.1 Å². The highest BCUT2D eigenvalue weighted by Crippen LogP contribution is 2.19. The van der Waals surface area contributed by atoms with E-state index in [0.717, 1.165) is 42.5 Å². The maximum atomic E-state index is 11.2. The van der Waals surface area contributed by atoms with Crippen molar-refractivity contribution >= 4 is 29.3 Å². The average molecular weight is 402 g/mol. The van der Waals surface area contributed by atoms with Crippen LogP contribution in [-0.4, -0.2) is 41.7 Å². The van der Waals surface area contributed by atoms with Crippen LogP contribution in [0.4, 0.5) is 0 Å². The number of aliphatic carboxylic acids is 1. The molecular weight excluding hydrogens is 374 g/mol. The molecule has 5 nitrogen and oxygen atoms in total. The highest BCUT2D eigenvalue weighted by molar-refractivity contribution is 5.85. The molecule has 0 saturated carbocycles. The van der Waals surface area contributed by atoms with Crippen LogP contribution in [0.25, 0.3) is 10.9 Å². The highest BCUT2D eigenvalue weighted by atomic mass is 35.5. The average Bonchev–Trinajstić information content (AvgIpc) is 3.08. The number of carboxylic acid groups (broad SMARTS) is 1. The predicted molar refractivity (Wildman–Crippen MR) is 116 cm³/mol. The van der Waals surface area contributed by atoms with E-state index < -0.39 is 5.97 Å². The van der Waals surface area contributed by atoms with Gasteiger partial charge in [0.1, 0.15) is 0 Å². The van der Waals surface area contributed by atoms with E-state index >= 15 is 0 Å². The maximum Gasteiger partial charge on any atom is 0.304 e. The number of benzene rings is 2. The molecule has 0 bridgehead atoms. The number of carboxylic acids is 1. The fraction of sp³-hybridized carbons (Fsp3) is 0.318. The van der Waals surface area contributed by atoms with Crippen molar-refractivity contribution in [3.63, 3.8) is 0 Å². The molecule has 0 radical (unpaired) electrons. The third-order valence-electron chi connectivity index (χ3n) is 4.73. The quantitative estimate of drug-likeness (QED) is 0.371. The van der Waals surface area contributed by atoms with Crippen LogP contribution in [0.2, 0.25) is 0 Å². The van der Waals surface area contributed by atoms with Gasteiger partial charge in [-0.15, -0.1) is 12.4 Å². The molecule has 1 heterocycles. The first-order valence-corrected chi connectivity index (χ1v) is 9.47. The number of fused-ring (bicyclic) bond motifs is 1. The number of nitrogens with one attached hydrogen (secondary N) is 3. The number of aromatic amines is 1. The van der Waals surface area contributed by atoms with Gasteiger partial charge in [-0.3, -0.25) is 4.79 Å². The van der Waals surface area contributed by atoms with Crippen molar-refractivity contribution in [3.05, 3.63) is 71.9 Å². The fourth-order valence-corrected chi connectivity index (χ4v) is 3.36. The number of hydrogen-bond donors (Lipinski definition) is 4. The zero-order valence-corrected chi connectivity index (χ0v) is 16.7. The summed E-state index contributed by atoms with van der Waals surface area (Å²) in [6.07, 6.45) is 3.79. The molecule has 0 saturated heterocycles. The first-order valence-electron chi connectivity index (χ1n) is 9.47. The molecule has 6 heteroatoms. The molecule has 0 amide bonds. The minimum atomic E-state index is -0.774. The molecule has 1 aromatic heterocycles. The second-order valence-corrected chi connectivity index (χ2v) is 6.80. The number of aromatic nitrogens is 1. The fourth-order valence-electron chi connectivity index (χ4n) is 3.36. The van der Waals surface area contributed by atoms with Gasteiger partial charge in [-0.2, -0.15) is 0 Å². The van der Waals surface area contributed by atoms with Gasteiger partial charge in [0.2, 0.25) is 0 Å². The minimum absolute atomic E-state index is 0. The van der Waals surface area contributed by atoms with E-state index in [2.05, 4.69) is 45.9 Å². The Morgan fingerprint density at radius 2 is 1.75 bits per heavy atom. The zero-order chi connectivity index (χ0) is 18.9. The summed E-state index contributed by atoms with van der Waals surface area (Å²) in [7, 11) is 0. The van der Waals surface area contributed by atoms with Crippen molar-refractivity contribution in [1.29, 1.82) is 0 Å². The van der Waals surface area contributed by atoms with Gasteiger partial charge in [-0.1, -0.05) is 48.5 Å². The summed E-state index contributed by atoms with van der Waals surface area (Å²) in [5.41, 5.74) is 3.56. The van der Waals surface area contributed by atoms with E-state index in [-0.39, 0.29) is 24.9 Å². The van der Waals surface area contributed by atoms with Crippen LogP contribution in [0.1, 0.15) is 17.5 Å². The maximum absolute atomic E-state index is 11.2. The smallest absolute Gasteiger partial charge is 0.304 e. The molecule has 0 aliphatic rings. The van der Waals surface area contributed by atoms with Gasteiger partial charge in [0.15, 0.2) is 0 Å². The Balaban J connectivity index is 0.00000280. The Labute approximate surface area is 172 Å². The van der Waals surface area contributed by atoms with E-state index in [4.69, 9.17) is 0 Å². The van der Waals surface area contributed by atoms with Gasteiger partial charge in [-0.05, 0) is 36.6 Å². The van der Waals surface area contributed by atoms with Gasteiger partial charge in [0.25, 0.3) is 0 Å². The lowest BCUT2D eigenvalue weighted by molar-refractivity contribution is -0.137. The molecule has 150 valence electrons. The summed E-state index contributed by atoms with van der Waals surface area (Å²) in [4.78, 5) is 14.5. The van der Waals surface area contributed by atoms with Gasteiger partial charge in [0, 0.05) is 36.2 Å². The van der Waals surface area contributed by atoms with Crippen LogP contribution in [0.15, 0.2) is 60.8 Å². The molecule has 3 aromatic rings. The summed E-state index contributed by atoms with van der Waals surface area (Å²) in [6.45, 7) is 2.48. The van der Waals surface area contributed by atoms with Crippen molar-refractivity contribution in [2.75, 3.05) is 19.6 Å². The largest absolute Gasteiger partial charge is 0.481 e. The van der Waals surface area contributed by atoms with E-state index in [9.17, 15) is 9.90 Å². The molecule has 0 spiro atoms. The van der Waals surface area contributed by atoms with E-state index in [1.54, 1.807) is 0 Å². The van der Waals surface area contributed by atoms with Crippen molar-refractivity contribution in [3.8, 4) is 0 Å². The number of para-hydroxylation sites is 1. The predicted octanol–water partition coefficient (Wildman–Crippen LogP) is 3.40. The number of carbonyl (C=O) groups is 1. The van der Waals surface area contributed by atoms with Gasteiger partial charge in [0.05, 0.1) is 6.42 Å². The Morgan fingerprint density at radius 1 is 1.00 bits per heavy atom. The molecule has 1 atom stereocenters. The van der Waals surface area contributed by atoms with E-state index in [1.807, 2.05) is 30.5 Å². The summed E-state index contributed by atoms with van der Waals surface area (Å²) in [6, 6.07) is 18.4. The second-order valence-electron chi connectivity index (χ2n) is 6.80. The van der Waals surface area contributed by atoms with Crippen LogP contribution in [-0.2, 0) is 17.6 Å². The van der Waals surface area contributed by atoms with Crippen molar-refractivity contribution in [2.45, 2.75) is 25.3 Å². The first-order chi connectivity index (χ1) is 13.2. The third kappa shape index (κ3) is 6.68. The molecule has 28 heavy (non-hydrogen) atoms. The van der Waals surface area contributed by atoms with Crippen LogP contribution in [0.3, 0.4) is 0 Å². The van der Waals surface area contributed by atoms with Gasteiger partial charge >= 0.3 is 5.97 Å². The van der Waals surface area contributed by atoms with Crippen LogP contribution in [0.5, 0.6) is 0 Å². The number of H-pyrrole nitrogens is 1. The van der Waals surface area contributed by atoms with Crippen molar-refractivity contribution in [1.82, 2.24) is 15.6 Å². The lowest BCUT2D eigenvalue weighted by Crippen LogP contribution is -2.38. The molecule has 1 unspecified atom stereocenters. The van der Waals surface area contributed by atoms with Crippen LogP contribution >= 0.6 is 12.4 Å². The standard InChI is InChI=1S/C22H27N3O2.ClH/c26-22(27)15-19(14-18-16-25-21-9-5-4-8-20(18)21)24-13-12-23-11-10-17-6-2-1-3-7-17;/h1-9,16,19,23-25H,10-15H2,(H,26,27);1H. The summed E-state index contributed by atoms with van der Waals surface area (Å²) in [5, 5.41) is 17.2. The van der Waals surface area contributed by atoms with E-state index in [0.29, 0.717) is 6.42 Å².